The number of likely N-dealkylation sites (N-methyl/N-ethyl adjacent to an activating group) is 1. The molecule has 11 nitrogen and oxygen atoms in total. The molecule has 3 atom stereocenters. The fraction of sp³-hybridized carbons (Fsp3) is 0.444. The molecule has 3 aliphatic heterocycles. The lowest BCUT2D eigenvalue weighted by Crippen LogP contribution is -2.50. The van der Waals surface area contributed by atoms with Crippen LogP contribution in [0.1, 0.15) is 80.8 Å². The fourth-order valence-corrected chi connectivity index (χ4v) is 7.40. The number of aromatic nitrogens is 1. The molecule has 0 aliphatic carbocycles. The Kier molecular flexibility index (Phi) is 9.35. The van der Waals surface area contributed by atoms with Gasteiger partial charge in [-0.15, -0.1) is 0 Å². The maximum atomic E-state index is 13.3. The lowest BCUT2D eigenvalue weighted by molar-refractivity contribution is 0.0921. The molecule has 2 bridgehead atoms. The summed E-state index contributed by atoms with van der Waals surface area (Å²) in [5.41, 5.74) is 9.58. The van der Waals surface area contributed by atoms with Crippen LogP contribution in [0.15, 0.2) is 54.7 Å². The van der Waals surface area contributed by atoms with Crippen molar-refractivity contribution in [1.29, 1.82) is 0 Å². The van der Waals surface area contributed by atoms with Gasteiger partial charge in [0.2, 0.25) is 0 Å². The van der Waals surface area contributed by atoms with Crippen LogP contribution in [0.5, 0.6) is 5.75 Å². The zero-order valence-corrected chi connectivity index (χ0v) is 27.7. The Hall–Kier alpha value is -4.64. The normalized spacial score (nSPS) is 21.7. The number of hydrogen-bond acceptors (Lipinski definition) is 8. The standard InChI is InChI=1S/C36H45N7O4/c1-22-30(12-13-31(34(37)44)33(22)47-4)36(46)40-26-19-28-10-11-29(20-26)43(28)32-14-7-25(21-38-32)35(45)39-23(2)24-5-8-27(9-6-24)42-17-15-41(3)16-18-42/h5-9,12-14,21,23,26,28-29H,10-11,15-20H2,1-4H3,(H2,37,44)(H,39,45)(H,40,46)/t23-,26?,28?,29?/m0/s1. The molecule has 3 aromatic rings. The number of pyridine rings is 1. The molecule has 0 saturated carbocycles. The number of piperazine rings is 1. The van der Waals surface area contributed by atoms with Crippen molar-refractivity contribution in [3.05, 3.63) is 82.5 Å². The van der Waals surface area contributed by atoms with Gasteiger partial charge in [0.15, 0.2) is 0 Å². The maximum absolute atomic E-state index is 13.3. The molecule has 3 aliphatic rings. The van der Waals surface area contributed by atoms with Crippen molar-refractivity contribution < 1.29 is 19.1 Å². The van der Waals surface area contributed by atoms with E-state index in [9.17, 15) is 14.4 Å². The summed E-state index contributed by atoms with van der Waals surface area (Å²) in [7, 11) is 3.62. The molecule has 3 amide bonds. The number of rotatable bonds is 9. The number of amides is 3. The molecule has 1 aromatic heterocycles. The van der Waals surface area contributed by atoms with Crippen LogP contribution in [0.25, 0.3) is 0 Å². The largest absolute Gasteiger partial charge is 0.496 e. The molecule has 248 valence electrons. The number of piperidine rings is 1. The van der Waals surface area contributed by atoms with E-state index in [-0.39, 0.29) is 41.5 Å². The van der Waals surface area contributed by atoms with Crippen molar-refractivity contribution in [1.82, 2.24) is 20.5 Å². The molecule has 6 rings (SSSR count). The van der Waals surface area contributed by atoms with Gasteiger partial charge in [-0.25, -0.2) is 4.98 Å². The molecule has 3 fully saturated rings. The Balaban J connectivity index is 1.04. The smallest absolute Gasteiger partial charge is 0.253 e. The first-order valence-electron chi connectivity index (χ1n) is 16.5. The van der Waals surface area contributed by atoms with Crippen LogP contribution >= 0.6 is 0 Å². The van der Waals surface area contributed by atoms with Gasteiger partial charge in [-0.3, -0.25) is 14.4 Å². The van der Waals surface area contributed by atoms with Crippen LogP contribution in [-0.4, -0.2) is 86.1 Å². The molecule has 47 heavy (non-hydrogen) atoms. The molecule has 3 saturated heterocycles. The quantitative estimate of drug-likeness (QED) is 0.323. The molecule has 0 spiro atoms. The number of nitrogens with zero attached hydrogens (tertiary/aromatic N) is 4. The second-order valence-electron chi connectivity index (χ2n) is 13.1. The lowest BCUT2D eigenvalue weighted by Gasteiger charge is -2.40. The van der Waals surface area contributed by atoms with Crippen LogP contribution in [0.2, 0.25) is 0 Å². The maximum Gasteiger partial charge on any atom is 0.253 e. The van der Waals surface area contributed by atoms with Crippen molar-refractivity contribution >= 4 is 29.2 Å². The Morgan fingerprint density at radius 1 is 0.915 bits per heavy atom. The molecular weight excluding hydrogens is 594 g/mol. The van der Waals surface area contributed by atoms with Crippen molar-refractivity contribution in [2.75, 3.05) is 50.1 Å². The van der Waals surface area contributed by atoms with Gasteiger partial charge in [0.25, 0.3) is 17.7 Å². The molecule has 2 aromatic carbocycles. The first-order valence-corrected chi connectivity index (χ1v) is 16.5. The van der Waals surface area contributed by atoms with E-state index in [4.69, 9.17) is 15.5 Å². The van der Waals surface area contributed by atoms with E-state index in [0.717, 1.165) is 63.2 Å². The first kappa shape index (κ1) is 32.3. The molecule has 4 N–H and O–H groups in total. The van der Waals surface area contributed by atoms with Crippen molar-refractivity contribution in [3.8, 4) is 5.75 Å². The zero-order valence-electron chi connectivity index (χ0n) is 27.7. The summed E-state index contributed by atoms with van der Waals surface area (Å²) in [5, 5.41) is 6.33. The number of anilines is 2. The van der Waals surface area contributed by atoms with Gasteiger partial charge in [0, 0.05) is 67.3 Å². The number of hydrogen-bond donors (Lipinski definition) is 3. The van der Waals surface area contributed by atoms with E-state index in [1.807, 2.05) is 19.1 Å². The summed E-state index contributed by atoms with van der Waals surface area (Å²) in [5.74, 6) is 0.241. The highest BCUT2D eigenvalue weighted by Crippen LogP contribution is 2.39. The monoisotopic (exact) mass is 639 g/mol. The van der Waals surface area contributed by atoms with Gasteiger partial charge in [-0.2, -0.15) is 0 Å². The summed E-state index contributed by atoms with van der Waals surface area (Å²) in [6.45, 7) is 7.92. The minimum atomic E-state index is -0.597. The van der Waals surface area contributed by atoms with E-state index < -0.39 is 5.91 Å². The van der Waals surface area contributed by atoms with Gasteiger partial charge < -0.3 is 35.8 Å². The predicted octanol–water partition coefficient (Wildman–Crippen LogP) is 3.67. The number of nitrogens with one attached hydrogen (secondary N) is 2. The number of fused-ring (bicyclic) bond motifs is 2. The van der Waals surface area contributed by atoms with Gasteiger partial charge in [0.1, 0.15) is 11.6 Å². The Labute approximate surface area is 276 Å². The first-order chi connectivity index (χ1) is 22.6. The number of methoxy groups -OCH3 is 1. The van der Waals surface area contributed by atoms with Crippen molar-refractivity contribution in [2.45, 2.75) is 63.7 Å². The SMILES string of the molecule is COc1c(C(N)=O)ccc(C(=O)NC2CC3CCC(C2)N3c2ccc(C(=O)N[C@@H](C)c3ccc(N4CCN(C)CC4)cc3)cn2)c1C. The van der Waals surface area contributed by atoms with Crippen molar-refractivity contribution in [2.24, 2.45) is 5.73 Å². The second kappa shape index (κ2) is 13.6. The predicted molar refractivity (Wildman–Crippen MR) is 182 cm³/mol. The summed E-state index contributed by atoms with van der Waals surface area (Å²) >= 11 is 0. The van der Waals surface area contributed by atoms with E-state index >= 15 is 0 Å². The Bertz CT molecular complexity index is 1610. The number of nitrogens with two attached hydrogens (primary N) is 1. The number of benzene rings is 2. The molecular formula is C36H45N7O4. The van der Waals surface area contributed by atoms with Crippen LogP contribution in [-0.2, 0) is 0 Å². The van der Waals surface area contributed by atoms with E-state index in [1.54, 1.807) is 19.2 Å². The summed E-state index contributed by atoms with van der Waals surface area (Å²) < 4.78 is 5.39. The van der Waals surface area contributed by atoms with Crippen LogP contribution in [0.4, 0.5) is 11.5 Å². The Morgan fingerprint density at radius 2 is 1.57 bits per heavy atom. The van der Waals surface area contributed by atoms with Crippen LogP contribution in [0, 0.1) is 6.92 Å². The third kappa shape index (κ3) is 6.76. The summed E-state index contributed by atoms with van der Waals surface area (Å²) in [6, 6.07) is 15.8. The molecule has 4 heterocycles. The number of ether oxygens (including phenoxy) is 1. The third-order valence-electron chi connectivity index (χ3n) is 10.1. The van der Waals surface area contributed by atoms with Crippen molar-refractivity contribution in [3.63, 3.8) is 0 Å². The van der Waals surface area contributed by atoms with Gasteiger partial charge in [-0.05, 0) is 88.5 Å². The molecule has 2 unspecified atom stereocenters. The topological polar surface area (TPSA) is 133 Å². The zero-order chi connectivity index (χ0) is 33.2. The highest BCUT2D eigenvalue weighted by atomic mass is 16.5. The molecule has 11 heteroatoms. The highest BCUT2D eigenvalue weighted by Gasteiger charge is 2.42. The minimum absolute atomic E-state index is 0.0135. The minimum Gasteiger partial charge on any atom is -0.496 e. The average Bonchev–Trinajstić information content (AvgIpc) is 3.34. The summed E-state index contributed by atoms with van der Waals surface area (Å²) in [6.07, 6.45) is 5.30. The summed E-state index contributed by atoms with van der Waals surface area (Å²) in [4.78, 5) is 50.0. The van der Waals surface area contributed by atoms with Crippen LogP contribution in [0.3, 0.4) is 0 Å². The highest BCUT2D eigenvalue weighted by molar-refractivity contribution is 6.01. The molecule has 0 radical (unpaired) electrons. The lowest BCUT2D eigenvalue weighted by atomic mass is 9.96. The fourth-order valence-electron chi connectivity index (χ4n) is 7.40. The number of carbonyl (C=O) groups excluding carboxylic acids is 3. The van der Waals surface area contributed by atoms with Gasteiger partial charge in [-0.1, -0.05) is 12.1 Å². The van der Waals surface area contributed by atoms with E-state index in [2.05, 4.69) is 56.6 Å². The van der Waals surface area contributed by atoms with Gasteiger partial charge in [0.05, 0.1) is 24.3 Å². The van der Waals surface area contributed by atoms with Crippen LogP contribution < -0.4 is 30.9 Å². The number of primary amides is 1. The third-order valence-corrected chi connectivity index (χ3v) is 10.1. The van der Waals surface area contributed by atoms with E-state index in [0.29, 0.717) is 22.4 Å². The number of carbonyl (C=O) groups is 3. The van der Waals surface area contributed by atoms with Gasteiger partial charge >= 0.3 is 0 Å². The second-order valence-corrected chi connectivity index (χ2v) is 13.1. The van der Waals surface area contributed by atoms with E-state index in [1.165, 1.54) is 18.9 Å². The average molecular weight is 640 g/mol. The Morgan fingerprint density at radius 3 is 2.17 bits per heavy atom.